The molecule has 1 aliphatic heterocycles. The van der Waals surface area contributed by atoms with Gasteiger partial charge in [-0.05, 0) is 49.1 Å². The maximum Gasteiger partial charge on any atom is 0.252 e. The fourth-order valence-electron chi connectivity index (χ4n) is 3.65. The van der Waals surface area contributed by atoms with Gasteiger partial charge in [0.1, 0.15) is 4.21 Å². The van der Waals surface area contributed by atoms with E-state index in [4.69, 9.17) is 0 Å². The largest absolute Gasteiger partial charge is 0.386 e. The molecule has 0 atom stereocenters. The highest BCUT2D eigenvalue weighted by Gasteiger charge is 2.30. The molecule has 1 saturated heterocycles. The Morgan fingerprint density at radius 3 is 2.43 bits per heavy atom. The van der Waals surface area contributed by atoms with Gasteiger partial charge in [0.2, 0.25) is 0 Å². The number of nitrogens with zero attached hydrogens (tertiary/aromatic N) is 3. The highest BCUT2D eigenvalue weighted by Crippen LogP contribution is 2.35. The van der Waals surface area contributed by atoms with Gasteiger partial charge >= 0.3 is 0 Å². The van der Waals surface area contributed by atoms with Crippen molar-refractivity contribution in [2.24, 2.45) is 0 Å². The van der Waals surface area contributed by atoms with Crippen LogP contribution in [-0.4, -0.2) is 49.0 Å². The molecule has 1 aliphatic rings. The van der Waals surface area contributed by atoms with Crippen molar-refractivity contribution in [2.75, 3.05) is 31.1 Å². The Labute approximate surface area is 181 Å². The Hall–Kier alpha value is -2.26. The molecule has 1 N–H and O–H groups in total. The topological polar surface area (TPSA) is 73.7 Å². The summed E-state index contributed by atoms with van der Waals surface area (Å²) in [6.07, 6.45) is 3.54. The number of pyridine rings is 1. The molecule has 158 valence electrons. The van der Waals surface area contributed by atoms with E-state index in [2.05, 4.69) is 9.88 Å². The molecule has 4 rings (SSSR count). The first-order valence-electron chi connectivity index (χ1n) is 9.83. The summed E-state index contributed by atoms with van der Waals surface area (Å²) in [5.74, 6) is 0. The van der Waals surface area contributed by atoms with E-state index in [1.807, 2.05) is 36.5 Å². The van der Waals surface area contributed by atoms with Crippen molar-refractivity contribution in [3.05, 3.63) is 65.8 Å². The van der Waals surface area contributed by atoms with E-state index in [1.165, 1.54) is 11.3 Å². The molecule has 0 aliphatic carbocycles. The quantitative estimate of drug-likeness (QED) is 0.653. The number of anilines is 1. The summed E-state index contributed by atoms with van der Waals surface area (Å²) in [6, 6.07) is 13.3. The molecular formula is C22H25N3O3S2. The Morgan fingerprint density at radius 2 is 1.83 bits per heavy atom. The minimum absolute atomic E-state index is 0.390. The number of thiophene rings is 1. The third kappa shape index (κ3) is 4.13. The molecule has 0 amide bonds. The first-order chi connectivity index (χ1) is 14.3. The standard InChI is InChI=1S/C22H25N3O3S2/c1-22(2,26)18-7-8-20(19(15-18)17-5-3-9-23-16-17)24-10-12-25(13-11-24)30(27,28)21-6-4-14-29-21/h3-9,14-16,26H,10-13H2,1-2H3. The highest BCUT2D eigenvalue weighted by molar-refractivity contribution is 7.91. The van der Waals surface area contributed by atoms with Gasteiger partial charge in [-0.15, -0.1) is 11.3 Å². The number of benzene rings is 1. The highest BCUT2D eigenvalue weighted by atomic mass is 32.2. The number of aromatic nitrogens is 1. The molecule has 2 aromatic heterocycles. The zero-order valence-corrected chi connectivity index (χ0v) is 18.7. The first-order valence-corrected chi connectivity index (χ1v) is 12.1. The molecule has 0 saturated carbocycles. The van der Waals surface area contributed by atoms with E-state index in [-0.39, 0.29) is 0 Å². The van der Waals surface area contributed by atoms with Crippen LogP contribution in [0.5, 0.6) is 0 Å². The number of hydrogen-bond donors (Lipinski definition) is 1. The smallest absolute Gasteiger partial charge is 0.252 e. The number of hydrogen-bond acceptors (Lipinski definition) is 6. The van der Waals surface area contributed by atoms with Crippen LogP contribution in [0.4, 0.5) is 5.69 Å². The molecule has 0 spiro atoms. The van der Waals surface area contributed by atoms with Crippen molar-refractivity contribution in [1.29, 1.82) is 0 Å². The molecule has 6 nitrogen and oxygen atoms in total. The number of aliphatic hydroxyl groups is 1. The van der Waals surface area contributed by atoms with Crippen LogP contribution >= 0.6 is 11.3 Å². The summed E-state index contributed by atoms with van der Waals surface area (Å²) in [5.41, 5.74) is 2.83. The molecular weight excluding hydrogens is 418 g/mol. The van der Waals surface area contributed by atoms with Crippen LogP contribution in [0, 0.1) is 0 Å². The van der Waals surface area contributed by atoms with Crippen LogP contribution in [0.2, 0.25) is 0 Å². The fraction of sp³-hybridized carbons (Fsp3) is 0.318. The Balaban J connectivity index is 1.62. The predicted molar refractivity (Wildman–Crippen MR) is 120 cm³/mol. The average molecular weight is 444 g/mol. The van der Waals surface area contributed by atoms with E-state index in [9.17, 15) is 13.5 Å². The van der Waals surface area contributed by atoms with Gasteiger partial charge < -0.3 is 10.0 Å². The van der Waals surface area contributed by atoms with Gasteiger partial charge in [0, 0.05) is 55.4 Å². The minimum atomic E-state index is -3.43. The molecule has 1 fully saturated rings. The summed E-state index contributed by atoms with van der Waals surface area (Å²) in [4.78, 5) is 6.45. The van der Waals surface area contributed by atoms with Gasteiger partial charge in [-0.1, -0.05) is 18.2 Å². The summed E-state index contributed by atoms with van der Waals surface area (Å²) in [5, 5.41) is 12.3. The Morgan fingerprint density at radius 1 is 1.07 bits per heavy atom. The second kappa shape index (κ2) is 8.11. The monoisotopic (exact) mass is 443 g/mol. The number of piperazine rings is 1. The van der Waals surface area contributed by atoms with Gasteiger partial charge in [0.15, 0.2) is 0 Å². The molecule has 30 heavy (non-hydrogen) atoms. The zero-order chi connectivity index (χ0) is 21.4. The lowest BCUT2D eigenvalue weighted by Gasteiger charge is -2.36. The molecule has 8 heteroatoms. The molecule has 3 heterocycles. The SMILES string of the molecule is CC(C)(O)c1ccc(N2CCN(S(=O)(=O)c3cccs3)CC2)c(-c2cccnc2)c1. The molecule has 0 unspecified atom stereocenters. The normalized spacial score (nSPS) is 16.0. The summed E-state index contributed by atoms with van der Waals surface area (Å²) in [6.45, 7) is 5.59. The lowest BCUT2D eigenvalue weighted by Crippen LogP contribution is -2.48. The van der Waals surface area contributed by atoms with Crippen LogP contribution in [0.25, 0.3) is 11.1 Å². The molecule has 3 aromatic rings. The second-order valence-corrected chi connectivity index (χ2v) is 11.0. The van der Waals surface area contributed by atoms with E-state index >= 15 is 0 Å². The van der Waals surface area contributed by atoms with Gasteiger partial charge in [-0.25, -0.2) is 8.42 Å². The van der Waals surface area contributed by atoms with Crippen molar-refractivity contribution >= 4 is 27.0 Å². The van der Waals surface area contributed by atoms with Crippen molar-refractivity contribution in [3.63, 3.8) is 0 Å². The predicted octanol–water partition coefficient (Wildman–Crippen LogP) is 3.55. The van der Waals surface area contributed by atoms with Crippen LogP contribution in [-0.2, 0) is 15.6 Å². The molecule has 0 bridgehead atoms. The number of sulfonamides is 1. The van der Waals surface area contributed by atoms with Crippen molar-refractivity contribution in [1.82, 2.24) is 9.29 Å². The van der Waals surface area contributed by atoms with E-state index < -0.39 is 15.6 Å². The Kier molecular flexibility index (Phi) is 5.67. The summed E-state index contributed by atoms with van der Waals surface area (Å²) in [7, 11) is -3.43. The Bertz CT molecular complexity index is 1100. The minimum Gasteiger partial charge on any atom is -0.386 e. The fourth-order valence-corrected chi connectivity index (χ4v) is 6.22. The van der Waals surface area contributed by atoms with Gasteiger partial charge in [-0.3, -0.25) is 4.98 Å². The third-order valence-electron chi connectivity index (χ3n) is 5.34. The lowest BCUT2D eigenvalue weighted by molar-refractivity contribution is 0.0786. The van der Waals surface area contributed by atoms with E-state index in [1.54, 1.807) is 41.9 Å². The summed E-state index contributed by atoms with van der Waals surface area (Å²) >= 11 is 1.25. The van der Waals surface area contributed by atoms with Crippen LogP contribution in [0.3, 0.4) is 0 Å². The van der Waals surface area contributed by atoms with Crippen LogP contribution in [0.1, 0.15) is 19.4 Å². The first kappa shape index (κ1) is 21.0. The maximum atomic E-state index is 12.8. The van der Waals surface area contributed by atoms with Crippen molar-refractivity contribution in [3.8, 4) is 11.1 Å². The maximum absolute atomic E-state index is 12.8. The number of rotatable bonds is 5. The molecule has 0 radical (unpaired) electrons. The van der Waals surface area contributed by atoms with Crippen molar-refractivity contribution in [2.45, 2.75) is 23.7 Å². The van der Waals surface area contributed by atoms with Gasteiger partial charge in [0.05, 0.1) is 5.60 Å². The van der Waals surface area contributed by atoms with Gasteiger partial charge in [-0.2, -0.15) is 4.31 Å². The molecule has 1 aromatic carbocycles. The van der Waals surface area contributed by atoms with Crippen molar-refractivity contribution < 1.29 is 13.5 Å². The van der Waals surface area contributed by atoms with Crippen LogP contribution < -0.4 is 4.90 Å². The van der Waals surface area contributed by atoms with Crippen LogP contribution in [0.15, 0.2) is 64.4 Å². The van der Waals surface area contributed by atoms with E-state index in [0.717, 1.165) is 22.4 Å². The zero-order valence-electron chi connectivity index (χ0n) is 17.0. The lowest BCUT2D eigenvalue weighted by atomic mass is 9.93. The third-order valence-corrected chi connectivity index (χ3v) is 8.62. The second-order valence-electron chi connectivity index (χ2n) is 7.86. The van der Waals surface area contributed by atoms with E-state index in [0.29, 0.717) is 30.4 Å². The van der Waals surface area contributed by atoms with Gasteiger partial charge in [0.25, 0.3) is 10.0 Å². The average Bonchev–Trinajstić information content (AvgIpc) is 3.29. The summed E-state index contributed by atoms with van der Waals surface area (Å²) < 4.78 is 27.6.